The largest absolute Gasteiger partial charge is 0.466 e. The van der Waals surface area contributed by atoms with E-state index < -0.39 is 0 Å². The molecule has 0 aliphatic rings. The molecule has 0 bridgehead atoms. The highest BCUT2D eigenvalue weighted by atomic mass is 35.6. The van der Waals surface area contributed by atoms with E-state index >= 15 is 0 Å². The van der Waals surface area contributed by atoms with Crippen molar-refractivity contribution in [1.82, 2.24) is 0 Å². The fraction of sp³-hybridized carbons (Fsp3) is 0.976. The van der Waals surface area contributed by atoms with Crippen molar-refractivity contribution in [2.45, 2.75) is 237 Å². The number of hydrogen-bond acceptors (Lipinski definition) is 2. The van der Waals surface area contributed by atoms with Crippen LogP contribution in [0.15, 0.2) is 0 Å². The van der Waals surface area contributed by atoms with Gasteiger partial charge in [-0.15, -0.1) is 441 Å². The number of carbonyl (C=O) groups excluding carboxylic acids is 1. The smallest absolute Gasteiger partial charge is 0.302 e. The zero-order valence-electron chi connectivity index (χ0n) is 48.4. The van der Waals surface area contributed by atoms with Crippen molar-refractivity contribution in [3.63, 3.8) is 0 Å². The summed E-state index contributed by atoms with van der Waals surface area (Å²) < 4.78 is 4.40. The second kappa shape index (κ2) is 143. The number of ether oxygens (including phenoxy) is 1. The van der Waals surface area contributed by atoms with E-state index in [1.165, 1.54) is 6.92 Å². The summed E-state index contributed by atoms with van der Waals surface area (Å²) in [5, 5.41) is 0. The van der Waals surface area contributed by atoms with Crippen LogP contribution >= 0.6 is 441 Å². The number of hydrogen-bond donors (Lipinski definition) is 0. The standard InChI is InChI=1S/C4H8O2.19C2H4Cl2/c1-3-6-4(2)5;19*1-2(3)4/h3H2,1-2H3;19*2H,1H3. The van der Waals surface area contributed by atoms with Crippen LogP contribution in [0.3, 0.4) is 0 Å². The van der Waals surface area contributed by atoms with Crippen LogP contribution in [0.1, 0.15) is 145 Å². The second-order valence-electron chi connectivity index (χ2n) is 10.8. The summed E-state index contributed by atoms with van der Waals surface area (Å²) in [5.74, 6) is -0.211. The molecule has 0 unspecified atom stereocenters. The molecule has 0 atom stereocenters. The third kappa shape index (κ3) is 3980. The van der Waals surface area contributed by atoms with E-state index in [4.69, 9.17) is 441 Å². The summed E-state index contributed by atoms with van der Waals surface area (Å²) in [6, 6.07) is 0. The predicted molar refractivity (Wildman–Crippen MR) is 424 cm³/mol. The molecule has 0 heterocycles. The van der Waals surface area contributed by atoms with Gasteiger partial charge >= 0.3 is 5.97 Å². The highest BCUT2D eigenvalue weighted by molar-refractivity contribution is 6.49. The SMILES string of the molecule is CC(Cl)Cl.CC(Cl)Cl.CC(Cl)Cl.CC(Cl)Cl.CC(Cl)Cl.CC(Cl)Cl.CC(Cl)Cl.CC(Cl)Cl.CC(Cl)Cl.CC(Cl)Cl.CC(Cl)Cl.CC(Cl)Cl.CC(Cl)Cl.CC(Cl)Cl.CC(Cl)Cl.CC(Cl)Cl.CC(Cl)Cl.CC(Cl)Cl.CC(Cl)Cl.CCOC(C)=O. The van der Waals surface area contributed by atoms with Crippen molar-refractivity contribution in [3.05, 3.63) is 0 Å². The third-order valence-corrected chi connectivity index (χ3v) is 0.348. The summed E-state index contributed by atoms with van der Waals surface area (Å²) >= 11 is 192. The normalized spacial score (nSPS) is 8.90. The Morgan fingerprint density at radius 2 is 0.232 bits per heavy atom. The third-order valence-electron chi connectivity index (χ3n) is 0.348. The number of carbonyl (C=O) groups is 1. The van der Waals surface area contributed by atoms with Gasteiger partial charge in [0.2, 0.25) is 0 Å². The average Bonchev–Trinajstić information content (AvgIpc) is 3.03. The molecule has 530 valence electrons. The molecule has 0 aliphatic carbocycles. The molecule has 0 rings (SSSR count). The molecule has 40 heteroatoms. The zero-order chi connectivity index (χ0) is 73.0. The summed E-state index contributed by atoms with van der Waals surface area (Å²) in [6.07, 6.45) is 0. The fourth-order valence-corrected chi connectivity index (χ4v) is 0.203. The topological polar surface area (TPSA) is 26.3 Å². The summed E-state index contributed by atoms with van der Waals surface area (Å²) in [6.45, 7) is 35.9. The van der Waals surface area contributed by atoms with E-state index in [9.17, 15) is 4.79 Å². The van der Waals surface area contributed by atoms with Crippen LogP contribution in [-0.2, 0) is 9.53 Å². The fourth-order valence-electron chi connectivity index (χ4n) is 0.203. The molecule has 0 aliphatic heterocycles. The first-order valence-corrected chi connectivity index (χ1v) is 37.8. The molecule has 82 heavy (non-hydrogen) atoms. The van der Waals surface area contributed by atoms with Crippen LogP contribution in [0.4, 0.5) is 0 Å². The molecular weight excluding hydrogens is 1880 g/mol. The molecule has 0 spiro atoms. The van der Waals surface area contributed by atoms with E-state index in [1.807, 2.05) is 0 Å². The van der Waals surface area contributed by atoms with Gasteiger partial charge in [-0.1, -0.05) is 0 Å². The van der Waals surface area contributed by atoms with Crippen molar-refractivity contribution >= 4 is 447 Å². The molecule has 0 radical (unpaired) electrons. The van der Waals surface area contributed by atoms with Gasteiger partial charge in [-0.2, -0.15) is 0 Å². The molecule has 0 aromatic heterocycles. The average molecular weight is 1970 g/mol. The lowest BCUT2D eigenvalue weighted by Gasteiger charge is -1.89. The lowest BCUT2D eigenvalue weighted by molar-refractivity contribution is -0.140. The van der Waals surface area contributed by atoms with Crippen molar-refractivity contribution in [2.24, 2.45) is 0 Å². The number of halogens is 38. The molecule has 0 N–H and O–H groups in total. The first-order chi connectivity index (χ1) is 35.7. The van der Waals surface area contributed by atoms with Gasteiger partial charge in [0.25, 0.3) is 0 Å². The molecule has 0 amide bonds. The first kappa shape index (κ1) is 147. The van der Waals surface area contributed by atoms with Crippen LogP contribution < -0.4 is 0 Å². The highest BCUT2D eigenvalue weighted by Crippen LogP contribution is 2.02. The molecule has 0 saturated carbocycles. The summed E-state index contributed by atoms with van der Waals surface area (Å²) in [4.78, 5) is 5.60. The van der Waals surface area contributed by atoms with Gasteiger partial charge in [0.05, 0.1) is 6.61 Å². The van der Waals surface area contributed by atoms with Crippen LogP contribution in [0.25, 0.3) is 0 Å². The number of alkyl halides is 38. The van der Waals surface area contributed by atoms with Crippen LogP contribution in [0, 0.1) is 0 Å². The molecule has 0 aromatic rings. The van der Waals surface area contributed by atoms with Gasteiger partial charge < -0.3 is 4.74 Å². The Balaban J connectivity index is -0.0000000274. The summed E-state index contributed by atoms with van der Waals surface area (Å²) in [5.41, 5.74) is 0. The van der Waals surface area contributed by atoms with Crippen LogP contribution in [-0.4, -0.2) is 104 Å². The maximum absolute atomic E-state index is 9.82. The summed E-state index contributed by atoms with van der Waals surface area (Å²) in [7, 11) is 0. The molecule has 0 aromatic carbocycles. The van der Waals surface area contributed by atoms with Crippen LogP contribution in [0.2, 0.25) is 0 Å². The highest BCUT2D eigenvalue weighted by Gasteiger charge is 1.83. The van der Waals surface area contributed by atoms with Crippen molar-refractivity contribution in [2.75, 3.05) is 6.61 Å². The minimum Gasteiger partial charge on any atom is -0.466 e. The van der Waals surface area contributed by atoms with E-state index in [1.54, 1.807) is 138 Å². The van der Waals surface area contributed by atoms with Gasteiger partial charge in [0.1, 0.15) is 91.9 Å². The Kier molecular flexibility index (Phi) is 256. The van der Waals surface area contributed by atoms with Gasteiger partial charge in [0, 0.05) is 6.92 Å². The minimum atomic E-state index is -0.222. The maximum Gasteiger partial charge on any atom is 0.302 e. The minimum absolute atomic E-state index is 0.211. The van der Waals surface area contributed by atoms with Gasteiger partial charge in [-0.05, 0) is 138 Å². The second-order valence-corrected chi connectivity index (χ2v) is 39.9. The Morgan fingerprint density at radius 1 is 0.195 bits per heavy atom. The van der Waals surface area contributed by atoms with Crippen molar-refractivity contribution in [1.29, 1.82) is 0 Å². The molecule has 0 fully saturated rings. The van der Waals surface area contributed by atoms with Gasteiger partial charge in [-0.3, -0.25) is 4.79 Å². The first-order valence-electron chi connectivity index (χ1n) is 21.2. The zero-order valence-corrected chi connectivity index (χ0v) is 77.1. The quantitative estimate of drug-likeness (QED) is 0.193. The van der Waals surface area contributed by atoms with Crippen molar-refractivity contribution in [3.8, 4) is 0 Å². The maximum atomic E-state index is 9.82. The van der Waals surface area contributed by atoms with Gasteiger partial charge in [0.15, 0.2) is 0 Å². The lowest BCUT2D eigenvalue weighted by Crippen LogP contribution is -1.95. The van der Waals surface area contributed by atoms with E-state index in [0.717, 1.165) is 0 Å². The van der Waals surface area contributed by atoms with Crippen molar-refractivity contribution < 1.29 is 9.53 Å². The predicted octanol–water partition coefficient (Wildman–Crippen LogP) is 35.0. The molecule has 2 nitrogen and oxygen atoms in total. The van der Waals surface area contributed by atoms with E-state index in [0.29, 0.717) is 6.61 Å². The van der Waals surface area contributed by atoms with Crippen LogP contribution in [0.5, 0.6) is 0 Å². The Hall–Kier alpha value is 10.5. The number of esters is 1. The molecular formula is C42H84Cl38O2. The van der Waals surface area contributed by atoms with E-state index in [2.05, 4.69) is 4.74 Å². The Morgan fingerprint density at radius 3 is 0.232 bits per heavy atom. The van der Waals surface area contributed by atoms with Gasteiger partial charge in [-0.25, -0.2) is 0 Å². The lowest BCUT2D eigenvalue weighted by atomic mass is 10.8. The molecule has 0 saturated heterocycles. The monoisotopic (exact) mass is 1950 g/mol. The Labute approximate surface area is 690 Å². The Bertz CT molecular complexity index is 540. The van der Waals surface area contributed by atoms with E-state index in [-0.39, 0.29) is 97.9 Å². The number of rotatable bonds is 1.